The van der Waals surface area contributed by atoms with Crippen molar-refractivity contribution in [3.05, 3.63) is 60.7 Å². The van der Waals surface area contributed by atoms with E-state index in [0.29, 0.717) is 12.2 Å². The van der Waals surface area contributed by atoms with Crippen molar-refractivity contribution < 1.29 is 9.53 Å². The average Bonchev–Trinajstić information content (AvgIpc) is 2.56. The number of para-hydroxylation sites is 1. The third kappa shape index (κ3) is 6.63. The Bertz CT molecular complexity index is 627. The molecule has 0 aliphatic carbocycles. The van der Waals surface area contributed by atoms with E-state index in [0.717, 1.165) is 19.3 Å². The minimum atomic E-state index is -0.173. The fourth-order valence-corrected chi connectivity index (χ4v) is 3.02. The predicted molar refractivity (Wildman–Crippen MR) is 90.2 cm³/mol. The summed E-state index contributed by atoms with van der Waals surface area (Å²) in [6.07, 6.45) is 3.04. The van der Waals surface area contributed by atoms with E-state index in [9.17, 15) is 4.79 Å². The van der Waals surface area contributed by atoms with E-state index in [4.69, 9.17) is 4.74 Å². The topological polar surface area (TPSA) is 26.3 Å². The fraction of sp³-hybridized carbons (Fsp3) is 0.211. The molecule has 0 saturated heterocycles. The second-order valence-corrected chi connectivity index (χ2v) is 6.53. The summed E-state index contributed by atoms with van der Waals surface area (Å²) in [5.74, 6) is 3.62. The number of hydrogen-bond donors (Lipinski definition) is 0. The molecule has 2 aromatic rings. The first-order valence-corrected chi connectivity index (χ1v) is 9.01. The molecule has 0 heterocycles. The molecular formula is C19H18O2Se. The molecule has 0 amide bonds. The molecule has 0 N–H and O–H groups in total. The molecule has 3 heteroatoms. The second kappa shape index (κ2) is 9.84. The summed E-state index contributed by atoms with van der Waals surface area (Å²) in [5, 5.41) is 0. The Labute approximate surface area is 138 Å². The van der Waals surface area contributed by atoms with Gasteiger partial charge in [0.1, 0.15) is 0 Å². The molecular weight excluding hydrogens is 339 g/mol. The van der Waals surface area contributed by atoms with Gasteiger partial charge in [0.2, 0.25) is 0 Å². The van der Waals surface area contributed by atoms with Gasteiger partial charge in [-0.25, -0.2) is 0 Å². The molecule has 0 bridgehead atoms. The zero-order valence-electron chi connectivity index (χ0n) is 12.3. The monoisotopic (exact) mass is 358 g/mol. The number of ether oxygens (including phenoxy) is 1. The van der Waals surface area contributed by atoms with E-state index in [1.165, 1.54) is 4.46 Å². The Morgan fingerprint density at radius 1 is 0.955 bits per heavy atom. The maximum absolute atomic E-state index is 11.6. The third-order valence-electron chi connectivity index (χ3n) is 2.89. The molecule has 0 spiro atoms. The number of carbonyl (C=O) groups is 1. The van der Waals surface area contributed by atoms with Crippen molar-refractivity contribution in [2.75, 3.05) is 0 Å². The van der Waals surface area contributed by atoms with Crippen molar-refractivity contribution in [2.45, 2.75) is 25.7 Å². The maximum atomic E-state index is 11.6. The fourth-order valence-electron chi connectivity index (χ4n) is 1.79. The van der Waals surface area contributed by atoms with Crippen molar-refractivity contribution in [1.82, 2.24) is 0 Å². The van der Waals surface area contributed by atoms with Crippen LogP contribution in [0.1, 0.15) is 25.7 Å². The second-order valence-electron chi connectivity index (χ2n) is 4.69. The summed E-state index contributed by atoms with van der Waals surface area (Å²) in [6.45, 7) is 0. The molecule has 0 aliphatic heterocycles. The van der Waals surface area contributed by atoms with Crippen LogP contribution in [0.25, 0.3) is 0 Å². The van der Waals surface area contributed by atoms with Gasteiger partial charge in [-0.05, 0) is 0 Å². The summed E-state index contributed by atoms with van der Waals surface area (Å²) >= 11 is 0.230. The minimum absolute atomic E-state index is 0.173. The summed E-state index contributed by atoms with van der Waals surface area (Å²) < 4.78 is 6.53. The number of esters is 1. The molecule has 0 aliphatic rings. The number of rotatable bonds is 6. The van der Waals surface area contributed by atoms with E-state index in [1.54, 1.807) is 12.1 Å². The predicted octanol–water partition coefficient (Wildman–Crippen LogP) is 3.14. The Morgan fingerprint density at radius 3 is 2.36 bits per heavy atom. The molecule has 0 atom stereocenters. The zero-order chi connectivity index (χ0) is 15.5. The Kier molecular flexibility index (Phi) is 7.32. The Hall–Kier alpha value is -2.01. The number of benzene rings is 2. The average molecular weight is 357 g/mol. The quantitative estimate of drug-likeness (QED) is 0.261. The van der Waals surface area contributed by atoms with Gasteiger partial charge in [0.25, 0.3) is 0 Å². The van der Waals surface area contributed by atoms with Crippen LogP contribution in [0.2, 0.25) is 0 Å². The van der Waals surface area contributed by atoms with Crippen LogP contribution in [0.3, 0.4) is 0 Å². The molecule has 2 aromatic carbocycles. The number of hydrogen-bond acceptors (Lipinski definition) is 2. The van der Waals surface area contributed by atoms with Gasteiger partial charge < -0.3 is 0 Å². The van der Waals surface area contributed by atoms with E-state index < -0.39 is 0 Å². The summed E-state index contributed by atoms with van der Waals surface area (Å²) in [4.78, 5) is 14.9. The Balaban J connectivity index is 1.57. The molecule has 0 unspecified atom stereocenters. The van der Waals surface area contributed by atoms with Crippen LogP contribution >= 0.6 is 0 Å². The SMILES string of the molecule is O=C(CCCCC#C[Se]c1ccccc1)Oc1ccccc1. The van der Waals surface area contributed by atoms with Crippen LogP contribution < -0.4 is 9.20 Å². The van der Waals surface area contributed by atoms with Crippen molar-refractivity contribution in [3.63, 3.8) is 0 Å². The van der Waals surface area contributed by atoms with Crippen molar-refractivity contribution in [2.24, 2.45) is 0 Å². The van der Waals surface area contributed by atoms with Gasteiger partial charge in [-0.15, -0.1) is 0 Å². The van der Waals surface area contributed by atoms with Crippen LogP contribution in [-0.2, 0) is 4.79 Å². The van der Waals surface area contributed by atoms with E-state index in [1.807, 2.05) is 36.4 Å². The van der Waals surface area contributed by atoms with Crippen LogP contribution in [0.5, 0.6) is 5.75 Å². The molecule has 22 heavy (non-hydrogen) atoms. The normalized spacial score (nSPS) is 9.64. The van der Waals surface area contributed by atoms with Gasteiger partial charge in [0.05, 0.1) is 0 Å². The van der Waals surface area contributed by atoms with E-state index >= 15 is 0 Å². The Morgan fingerprint density at radius 2 is 1.64 bits per heavy atom. The first kappa shape index (κ1) is 16.4. The van der Waals surface area contributed by atoms with Crippen molar-refractivity contribution >= 4 is 25.4 Å². The van der Waals surface area contributed by atoms with Gasteiger partial charge in [0.15, 0.2) is 0 Å². The molecule has 2 rings (SSSR count). The molecule has 0 aromatic heterocycles. The molecule has 2 nitrogen and oxygen atoms in total. The van der Waals surface area contributed by atoms with Gasteiger partial charge in [0, 0.05) is 0 Å². The zero-order valence-corrected chi connectivity index (χ0v) is 14.0. The summed E-state index contributed by atoms with van der Waals surface area (Å²) in [7, 11) is 0. The van der Waals surface area contributed by atoms with E-state index in [-0.39, 0.29) is 20.9 Å². The molecule has 0 saturated carbocycles. The summed E-state index contributed by atoms with van der Waals surface area (Å²) in [6, 6.07) is 19.5. The van der Waals surface area contributed by atoms with Crippen LogP contribution in [0.4, 0.5) is 0 Å². The standard InChI is InChI=1S/C19H18O2Se/c20-19(21-17-11-5-3-6-12-17)15-9-1-2-10-16-22-18-13-7-4-8-14-18/h3-8,11-14H,1-2,9,15H2. The van der Waals surface area contributed by atoms with Gasteiger partial charge >= 0.3 is 138 Å². The van der Waals surface area contributed by atoms with E-state index in [2.05, 4.69) is 22.9 Å². The summed E-state index contributed by atoms with van der Waals surface area (Å²) in [5.41, 5.74) is 0. The van der Waals surface area contributed by atoms with Gasteiger partial charge in [-0.1, -0.05) is 0 Å². The number of unbranched alkanes of at least 4 members (excludes halogenated alkanes) is 2. The van der Waals surface area contributed by atoms with Crippen molar-refractivity contribution in [3.8, 4) is 16.5 Å². The molecule has 0 fully saturated rings. The van der Waals surface area contributed by atoms with Gasteiger partial charge in [-0.2, -0.15) is 0 Å². The van der Waals surface area contributed by atoms with Crippen LogP contribution in [0, 0.1) is 10.7 Å². The molecule has 112 valence electrons. The third-order valence-corrected chi connectivity index (χ3v) is 4.47. The first-order valence-electron chi connectivity index (χ1n) is 7.30. The van der Waals surface area contributed by atoms with Gasteiger partial charge in [-0.3, -0.25) is 0 Å². The van der Waals surface area contributed by atoms with Crippen LogP contribution in [0.15, 0.2) is 60.7 Å². The molecule has 0 radical (unpaired) electrons. The van der Waals surface area contributed by atoms with Crippen LogP contribution in [-0.4, -0.2) is 20.9 Å². The number of carbonyl (C=O) groups excluding carboxylic acids is 1. The van der Waals surface area contributed by atoms with Crippen molar-refractivity contribution in [1.29, 1.82) is 0 Å². The first-order chi connectivity index (χ1) is 10.8.